The SMILES string of the molecule is N#Cc1ccc(C2=C(O)C(C3CCCCC3)OC2=O)cc1. The van der Waals surface area contributed by atoms with Crippen molar-refractivity contribution >= 4 is 11.5 Å². The lowest BCUT2D eigenvalue weighted by Gasteiger charge is -2.26. The van der Waals surface area contributed by atoms with Gasteiger partial charge in [-0.15, -0.1) is 0 Å². The molecule has 2 aliphatic rings. The van der Waals surface area contributed by atoms with Crippen molar-refractivity contribution in [1.29, 1.82) is 5.26 Å². The summed E-state index contributed by atoms with van der Waals surface area (Å²) < 4.78 is 5.41. The molecule has 1 saturated carbocycles. The Morgan fingerprint density at radius 1 is 1.14 bits per heavy atom. The van der Waals surface area contributed by atoms with Crippen molar-refractivity contribution in [1.82, 2.24) is 0 Å². The molecular formula is C17H17NO3. The van der Waals surface area contributed by atoms with Gasteiger partial charge >= 0.3 is 5.97 Å². The summed E-state index contributed by atoms with van der Waals surface area (Å²) in [6.45, 7) is 0. The molecule has 108 valence electrons. The van der Waals surface area contributed by atoms with Crippen LogP contribution in [0.15, 0.2) is 30.0 Å². The molecule has 1 atom stereocenters. The average Bonchev–Trinajstić information content (AvgIpc) is 2.83. The molecule has 1 heterocycles. The highest BCUT2D eigenvalue weighted by molar-refractivity contribution is 6.19. The van der Waals surface area contributed by atoms with Crippen LogP contribution in [-0.2, 0) is 9.53 Å². The monoisotopic (exact) mass is 283 g/mol. The summed E-state index contributed by atoms with van der Waals surface area (Å²) in [6.07, 6.45) is 4.94. The van der Waals surface area contributed by atoms with Gasteiger partial charge < -0.3 is 9.84 Å². The number of rotatable bonds is 2. The van der Waals surface area contributed by atoms with Crippen molar-refractivity contribution in [2.45, 2.75) is 38.2 Å². The second-order valence-electron chi connectivity index (χ2n) is 5.67. The lowest BCUT2D eigenvalue weighted by molar-refractivity contribution is -0.141. The molecule has 1 fully saturated rings. The predicted molar refractivity (Wildman–Crippen MR) is 77.2 cm³/mol. The van der Waals surface area contributed by atoms with E-state index in [0.717, 1.165) is 25.7 Å². The van der Waals surface area contributed by atoms with E-state index in [-0.39, 0.29) is 17.3 Å². The van der Waals surface area contributed by atoms with Crippen molar-refractivity contribution in [2.24, 2.45) is 5.92 Å². The number of carbonyl (C=O) groups excluding carboxylic acids is 1. The van der Waals surface area contributed by atoms with E-state index >= 15 is 0 Å². The van der Waals surface area contributed by atoms with Gasteiger partial charge in [-0.1, -0.05) is 31.4 Å². The van der Waals surface area contributed by atoms with E-state index < -0.39 is 12.1 Å². The normalized spacial score (nSPS) is 23.0. The zero-order valence-corrected chi connectivity index (χ0v) is 11.7. The van der Waals surface area contributed by atoms with Crippen molar-refractivity contribution < 1.29 is 14.6 Å². The zero-order chi connectivity index (χ0) is 14.8. The fourth-order valence-corrected chi connectivity index (χ4v) is 3.21. The van der Waals surface area contributed by atoms with Crippen molar-refractivity contribution in [3.8, 4) is 6.07 Å². The average molecular weight is 283 g/mol. The van der Waals surface area contributed by atoms with E-state index in [4.69, 9.17) is 10.00 Å². The third-order valence-corrected chi connectivity index (χ3v) is 4.34. The van der Waals surface area contributed by atoms with Gasteiger partial charge in [0.25, 0.3) is 0 Å². The standard InChI is InChI=1S/C17H17NO3/c18-10-11-6-8-12(9-7-11)14-15(19)16(21-17(14)20)13-4-2-1-3-5-13/h6-9,13,16,19H,1-5H2. The molecule has 3 rings (SSSR count). The molecular weight excluding hydrogens is 266 g/mol. The van der Waals surface area contributed by atoms with Crippen molar-refractivity contribution in [3.63, 3.8) is 0 Å². The first-order chi connectivity index (χ1) is 10.2. The fraction of sp³-hybridized carbons (Fsp3) is 0.412. The number of carbonyl (C=O) groups is 1. The first kappa shape index (κ1) is 13.7. The third-order valence-electron chi connectivity index (χ3n) is 4.34. The second-order valence-corrected chi connectivity index (χ2v) is 5.67. The molecule has 4 nitrogen and oxygen atoms in total. The number of hydrogen-bond acceptors (Lipinski definition) is 4. The Morgan fingerprint density at radius 2 is 1.81 bits per heavy atom. The molecule has 0 bridgehead atoms. The molecule has 4 heteroatoms. The molecule has 1 N–H and O–H groups in total. The van der Waals surface area contributed by atoms with Crippen molar-refractivity contribution in [3.05, 3.63) is 41.2 Å². The highest BCUT2D eigenvalue weighted by Crippen LogP contribution is 2.38. The molecule has 0 amide bonds. The van der Waals surface area contributed by atoms with Crippen LogP contribution in [0.4, 0.5) is 0 Å². The van der Waals surface area contributed by atoms with Crippen LogP contribution < -0.4 is 0 Å². The van der Waals surface area contributed by atoms with Gasteiger partial charge in [0, 0.05) is 5.92 Å². The van der Waals surface area contributed by atoms with Crippen LogP contribution >= 0.6 is 0 Å². The van der Waals surface area contributed by atoms with Gasteiger partial charge in [-0.05, 0) is 30.5 Å². The van der Waals surface area contributed by atoms with Crippen LogP contribution in [0, 0.1) is 17.2 Å². The third kappa shape index (κ3) is 2.52. The lowest BCUT2D eigenvalue weighted by atomic mass is 9.84. The minimum atomic E-state index is -0.497. The summed E-state index contributed by atoms with van der Waals surface area (Å²) in [6, 6.07) is 8.65. The minimum Gasteiger partial charge on any atom is -0.507 e. The van der Waals surface area contributed by atoms with Crippen molar-refractivity contribution in [2.75, 3.05) is 0 Å². The molecule has 0 saturated heterocycles. The first-order valence-electron chi connectivity index (χ1n) is 7.35. The summed E-state index contributed by atoms with van der Waals surface area (Å²) in [5, 5.41) is 19.2. The fourth-order valence-electron chi connectivity index (χ4n) is 3.21. The smallest absolute Gasteiger partial charge is 0.343 e. The summed E-state index contributed by atoms with van der Waals surface area (Å²) >= 11 is 0. The number of nitrogens with zero attached hydrogens (tertiary/aromatic N) is 1. The number of cyclic esters (lactones) is 1. The largest absolute Gasteiger partial charge is 0.507 e. The van der Waals surface area contributed by atoms with Gasteiger partial charge in [-0.2, -0.15) is 5.26 Å². The number of hydrogen-bond donors (Lipinski definition) is 1. The maximum atomic E-state index is 12.1. The van der Waals surface area contributed by atoms with E-state index in [2.05, 4.69) is 0 Å². The molecule has 0 radical (unpaired) electrons. The Balaban J connectivity index is 1.90. The predicted octanol–water partition coefficient (Wildman–Crippen LogP) is 3.33. The Hall–Kier alpha value is -2.28. The van der Waals surface area contributed by atoms with Gasteiger partial charge in [0.15, 0.2) is 6.10 Å². The number of aliphatic hydroxyl groups excluding tert-OH is 1. The quantitative estimate of drug-likeness (QED) is 0.845. The van der Waals surface area contributed by atoms with Gasteiger partial charge in [0.2, 0.25) is 0 Å². The maximum absolute atomic E-state index is 12.1. The number of nitriles is 1. The zero-order valence-electron chi connectivity index (χ0n) is 11.7. The highest BCUT2D eigenvalue weighted by atomic mass is 16.6. The van der Waals surface area contributed by atoms with Crippen LogP contribution in [0.1, 0.15) is 43.2 Å². The molecule has 1 aliphatic heterocycles. The number of esters is 1. The maximum Gasteiger partial charge on any atom is 0.343 e. The number of benzene rings is 1. The first-order valence-corrected chi connectivity index (χ1v) is 7.35. The molecule has 1 aliphatic carbocycles. The molecule has 1 aromatic rings. The van der Waals surface area contributed by atoms with E-state index in [1.54, 1.807) is 24.3 Å². The van der Waals surface area contributed by atoms with Gasteiger partial charge in [0.1, 0.15) is 11.3 Å². The molecule has 0 spiro atoms. The Bertz CT molecular complexity index is 618. The van der Waals surface area contributed by atoms with E-state index in [0.29, 0.717) is 11.1 Å². The van der Waals surface area contributed by atoms with Gasteiger partial charge in [-0.3, -0.25) is 0 Å². The van der Waals surface area contributed by atoms with Crippen LogP contribution in [0.2, 0.25) is 0 Å². The van der Waals surface area contributed by atoms with E-state index in [1.165, 1.54) is 6.42 Å². The number of ether oxygens (including phenoxy) is 1. The van der Waals surface area contributed by atoms with Gasteiger partial charge in [-0.25, -0.2) is 4.79 Å². The molecule has 21 heavy (non-hydrogen) atoms. The second kappa shape index (κ2) is 5.61. The summed E-state index contributed by atoms with van der Waals surface area (Å²) in [5.74, 6) is -0.192. The summed E-state index contributed by atoms with van der Waals surface area (Å²) in [7, 11) is 0. The Labute approximate surface area is 123 Å². The lowest BCUT2D eigenvalue weighted by Crippen LogP contribution is -2.25. The number of aliphatic hydroxyl groups is 1. The summed E-state index contributed by atoms with van der Waals surface area (Å²) in [4.78, 5) is 12.1. The van der Waals surface area contributed by atoms with Crippen LogP contribution in [0.5, 0.6) is 0 Å². The van der Waals surface area contributed by atoms with Crippen LogP contribution in [0.3, 0.4) is 0 Å². The molecule has 0 aromatic heterocycles. The van der Waals surface area contributed by atoms with E-state index in [1.807, 2.05) is 6.07 Å². The topological polar surface area (TPSA) is 70.3 Å². The van der Waals surface area contributed by atoms with Crippen LogP contribution in [0.25, 0.3) is 5.57 Å². The summed E-state index contributed by atoms with van der Waals surface area (Å²) in [5.41, 5.74) is 1.37. The Morgan fingerprint density at radius 3 is 2.43 bits per heavy atom. The van der Waals surface area contributed by atoms with E-state index in [9.17, 15) is 9.90 Å². The minimum absolute atomic E-state index is 0.0524. The Kier molecular flexibility index (Phi) is 3.66. The molecule has 1 aromatic carbocycles. The molecule has 1 unspecified atom stereocenters. The highest BCUT2D eigenvalue weighted by Gasteiger charge is 2.40. The van der Waals surface area contributed by atoms with Gasteiger partial charge in [0.05, 0.1) is 11.6 Å². The van der Waals surface area contributed by atoms with Crippen LogP contribution in [-0.4, -0.2) is 17.2 Å².